The Morgan fingerprint density at radius 3 is 2.87 bits per heavy atom. The van der Waals surface area contributed by atoms with Crippen molar-refractivity contribution in [1.29, 1.82) is 0 Å². The van der Waals surface area contributed by atoms with E-state index < -0.39 is 0 Å². The molecule has 1 N–H and O–H groups in total. The third kappa shape index (κ3) is 3.92. The van der Waals surface area contributed by atoms with E-state index in [9.17, 15) is 0 Å². The Hall–Kier alpha value is 0.190. The topological polar surface area (TPSA) is 24.5 Å². The van der Waals surface area contributed by atoms with E-state index in [0.29, 0.717) is 18.1 Å². The molecule has 1 saturated heterocycles. The standard InChI is InChI=1S/C11H21IN2O/c1-8(2)13-10-5-9(3)14(4)11(6-10)7-15-12/h8,10-11,13H,3,5-7H2,1-2,4H3. The molecule has 0 radical (unpaired) electrons. The quantitative estimate of drug-likeness (QED) is 0.804. The lowest BCUT2D eigenvalue weighted by Crippen LogP contribution is -2.48. The van der Waals surface area contributed by atoms with E-state index >= 15 is 0 Å². The molecule has 0 spiro atoms. The Bertz CT molecular complexity index is 221. The number of likely N-dealkylation sites (tertiary alicyclic amines) is 1. The molecule has 2 atom stereocenters. The maximum atomic E-state index is 5.21. The van der Waals surface area contributed by atoms with Crippen molar-refractivity contribution in [2.75, 3.05) is 13.7 Å². The van der Waals surface area contributed by atoms with E-state index in [4.69, 9.17) is 3.07 Å². The Kier molecular flexibility index (Phi) is 5.35. The summed E-state index contributed by atoms with van der Waals surface area (Å²) >= 11 is 1.96. The molecule has 1 fully saturated rings. The zero-order valence-corrected chi connectivity index (χ0v) is 12.0. The lowest BCUT2D eigenvalue weighted by molar-refractivity contribution is 0.160. The van der Waals surface area contributed by atoms with Gasteiger partial charge in [-0.05, 0) is 6.42 Å². The lowest BCUT2D eigenvalue weighted by Gasteiger charge is -2.40. The zero-order chi connectivity index (χ0) is 11.4. The summed E-state index contributed by atoms with van der Waals surface area (Å²) in [5, 5.41) is 3.58. The van der Waals surface area contributed by atoms with Gasteiger partial charge in [-0.25, -0.2) is 0 Å². The predicted octanol–water partition coefficient (Wildman–Crippen LogP) is 2.33. The van der Waals surface area contributed by atoms with Crippen LogP contribution in [0.4, 0.5) is 0 Å². The second-order valence-electron chi connectivity index (χ2n) is 4.56. The minimum Gasteiger partial charge on any atom is -0.373 e. The normalized spacial score (nSPS) is 27.5. The highest BCUT2D eigenvalue weighted by Crippen LogP contribution is 2.24. The molecule has 0 amide bonds. The van der Waals surface area contributed by atoms with Crippen LogP contribution in [-0.4, -0.2) is 36.7 Å². The van der Waals surface area contributed by atoms with Crippen molar-refractivity contribution < 1.29 is 3.07 Å². The van der Waals surface area contributed by atoms with Gasteiger partial charge in [0.2, 0.25) is 0 Å². The minimum absolute atomic E-state index is 0.458. The van der Waals surface area contributed by atoms with Crippen molar-refractivity contribution in [1.82, 2.24) is 10.2 Å². The summed E-state index contributed by atoms with van der Waals surface area (Å²) in [7, 11) is 2.11. The van der Waals surface area contributed by atoms with Gasteiger partial charge in [0.1, 0.15) is 23.0 Å². The zero-order valence-electron chi connectivity index (χ0n) is 9.79. The molecule has 88 valence electrons. The van der Waals surface area contributed by atoms with Gasteiger partial charge >= 0.3 is 0 Å². The summed E-state index contributed by atoms with van der Waals surface area (Å²) in [5.41, 5.74) is 1.21. The number of nitrogens with zero attached hydrogens (tertiary/aromatic N) is 1. The van der Waals surface area contributed by atoms with Gasteiger partial charge in [-0.15, -0.1) is 0 Å². The van der Waals surface area contributed by atoms with Crippen LogP contribution < -0.4 is 5.32 Å². The highest BCUT2D eigenvalue weighted by molar-refractivity contribution is 14.1. The molecular weight excluding hydrogens is 303 g/mol. The molecule has 0 bridgehead atoms. The SMILES string of the molecule is C=C1CC(NC(C)C)CC(COI)N1C. The summed E-state index contributed by atoms with van der Waals surface area (Å²) in [5.74, 6) is 0. The number of rotatable bonds is 4. The van der Waals surface area contributed by atoms with Gasteiger partial charge in [-0.2, -0.15) is 0 Å². The van der Waals surface area contributed by atoms with Crippen molar-refractivity contribution in [2.45, 2.75) is 44.8 Å². The van der Waals surface area contributed by atoms with Crippen LogP contribution in [0.3, 0.4) is 0 Å². The number of halogens is 1. The Morgan fingerprint density at radius 1 is 1.67 bits per heavy atom. The van der Waals surface area contributed by atoms with Crippen LogP contribution in [-0.2, 0) is 3.07 Å². The van der Waals surface area contributed by atoms with Crippen LogP contribution in [0.15, 0.2) is 12.3 Å². The van der Waals surface area contributed by atoms with E-state index in [0.717, 1.165) is 19.4 Å². The molecular formula is C11H21IN2O. The summed E-state index contributed by atoms with van der Waals surface area (Å²) in [6.45, 7) is 9.25. The van der Waals surface area contributed by atoms with Gasteiger partial charge in [-0.1, -0.05) is 20.4 Å². The average molecular weight is 324 g/mol. The molecule has 3 nitrogen and oxygen atoms in total. The summed E-state index contributed by atoms with van der Waals surface area (Å²) in [6, 6.07) is 1.54. The molecule has 1 rings (SSSR count). The predicted molar refractivity (Wildman–Crippen MR) is 72.0 cm³/mol. The highest BCUT2D eigenvalue weighted by atomic mass is 127. The third-order valence-corrected chi connectivity index (χ3v) is 3.27. The van der Waals surface area contributed by atoms with Gasteiger partial charge in [0.15, 0.2) is 0 Å². The first-order valence-electron chi connectivity index (χ1n) is 5.44. The number of hydrogen-bond acceptors (Lipinski definition) is 3. The molecule has 2 unspecified atom stereocenters. The first-order chi connectivity index (χ1) is 7.04. The Balaban J connectivity index is 2.54. The molecule has 0 saturated carbocycles. The molecule has 0 aromatic rings. The second kappa shape index (κ2) is 6.06. The van der Waals surface area contributed by atoms with E-state index in [1.54, 1.807) is 0 Å². The minimum atomic E-state index is 0.458. The molecule has 0 aromatic heterocycles. The van der Waals surface area contributed by atoms with Gasteiger partial charge < -0.3 is 13.3 Å². The molecule has 1 heterocycles. The van der Waals surface area contributed by atoms with Crippen molar-refractivity contribution in [2.24, 2.45) is 0 Å². The number of hydrogen-bond donors (Lipinski definition) is 1. The Labute approximate surface area is 107 Å². The van der Waals surface area contributed by atoms with E-state index in [1.165, 1.54) is 5.70 Å². The van der Waals surface area contributed by atoms with Gasteiger partial charge in [0.25, 0.3) is 0 Å². The molecule has 4 heteroatoms. The molecule has 1 aliphatic rings. The van der Waals surface area contributed by atoms with E-state index in [1.807, 2.05) is 23.0 Å². The van der Waals surface area contributed by atoms with Crippen LogP contribution in [0, 0.1) is 0 Å². The maximum absolute atomic E-state index is 5.21. The van der Waals surface area contributed by atoms with Gasteiger partial charge in [0, 0.05) is 31.2 Å². The smallest absolute Gasteiger partial charge is 0.109 e. The largest absolute Gasteiger partial charge is 0.373 e. The van der Waals surface area contributed by atoms with Crippen molar-refractivity contribution >= 4 is 23.0 Å². The van der Waals surface area contributed by atoms with Crippen LogP contribution in [0.1, 0.15) is 26.7 Å². The molecule has 0 aromatic carbocycles. The number of likely N-dealkylation sites (N-methyl/N-ethyl adjacent to an activating group) is 1. The van der Waals surface area contributed by atoms with Crippen LogP contribution in [0.5, 0.6) is 0 Å². The highest BCUT2D eigenvalue weighted by Gasteiger charge is 2.28. The van der Waals surface area contributed by atoms with E-state index in [2.05, 4.69) is 37.7 Å². The Morgan fingerprint density at radius 2 is 2.33 bits per heavy atom. The fraction of sp³-hybridized carbons (Fsp3) is 0.818. The van der Waals surface area contributed by atoms with Gasteiger partial charge in [0.05, 0.1) is 12.6 Å². The first kappa shape index (κ1) is 13.3. The van der Waals surface area contributed by atoms with Crippen molar-refractivity contribution in [3.8, 4) is 0 Å². The summed E-state index contributed by atoms with van der Waals surface area (Å²) in [4.78, 5) is 2.25. The summed E-state index contributed by atoms with van der Waals surface area (Å²) < 4.78 is 5.21. The molecule has 15 heavy (non-hydrogen) atoms. The third-order valence-electron chi connectivity index (χ3n) is 2.91. The van der Waals surface area contributed by atoms with E-state index in [-0.39, 0.29) is 0 Å². The van der Waals surface area contributed by atoms with Crippen molar-refractivity contribution in [3.05, 3.63) is 12.3 Å². The maximum Gasteiger partial charge on any atom is 0.109 e. The second-order valence-corrected chi connectivity index (χ2v) is 5.19. The molecule has 0 aliphatic carbocycles. The fourth-order valence-corrected chi connectivity index (χ4v) is 2.52. The molecule has 1 aliphatic heterocycles. The number of piperidine rings is 1. The monoisotopic (exact) mass is 324 g/mol. The van der Waals surface area contributed by atoms with Crippen LogP contribution in [0.2, 0.25) is 0 Å². The van der Waals surface area contributed by atoms with Gasteiger partial charge in [-0.3, -0.25) is 0 Å². The lowest BCUT2D eigenvalue weighted by atomic mass is 9.95. The van der Waals surface area contributed by atoms with Crippen LogP contribution in [0.25, 0.3) is 0 Å². The number of nitrogens with one attached hydrogen (secondary N) is 1. The fourth-order valence-electron chi connectivity index (χ4n) is 2.11. The first-order valence-corrected chi connectivity index (χ1v) is 6.32. The summed E-state index contributed by atoms with van der Waals surface area (Å²) in [6.07, 6.45) is 2.18. The van der Waals surface area contributed by atoms with Crippen molar-refractivity contribution in [3.63, 3.8) is 0 Å². The average Bonchev–Trinajstić information content (AvgIpc) is 2.12. The van der Waals surface area contributed by atoms with Crippen LogP contribution >= 0.6 is 23.0 Å².